The molecule has 1 fully saturated rings. The molecule has 4 rings (SSSR count). The SMILES string of the molecule is COc1cc(N(C)CCN(C)C)c(C=CC(N)=O)cc1Nc1nc(OC2CN(S(C)(=O)=O)C2)c2cc[nH]c2n1. The maximum absolute atomic E-state index is 11.7. The van der Waals surface area contributed by atoms with Gasteiger partial charge in [-0.25, -0.2) is 8.42 Å². The van der Waals surface area contributed by atoms with Crippen molar-refractivity contribution in [2.24, 2.45) is 5.73 Å². The third kappa shape index (κ3) is 6.77. The summed E-state index contributed by atoms with van der Waals surface area (Å²) in [6, 6.07) is 5.50. The summed E-state index contributed by atoms with van der Waals surface area (Å²) in [5.74, 6) is 0.555. The van der Waals surface area contributed by atoms with Crippen molar-refractivity contribution in [3.63, 3.8) is 0 Å². The number of carbonyl (C=O) groups is 1. The molecule has 0 saturated carbocycles. The van der Waals surface area contributed by atoms with E-state index in [4.69, 9.17) is 15.2 Å². The number of nitrogens with one attached hydrogen (secondary N) is 2. The Labute approximate surface area is 227 Å². The van der Waals surface area contributed by atoms with Gasteiger partial charge in [0.2, 0.25) is 27.8 Å². The minimum absolute atomic E-state index is 0.246. The van der Waals surface area contributed by atoms with E-state index in [9.17, 15) is 13.2 Å². The molecule has 0 bridgehead atoms. The number of aromatic amines is 1. The lowest BCUT2D eigenvalue weighted by Crippen LogP contribution is -2.55. The van der Waals surface area contributed by atoms with E-state index in [1.807, 2.05) is 33.3 Å². The summed E-state index contributed by atoms with van der Waals surface area (Å²) < 4.78 is 36.5. The standard InChI is InChI=1S/C25H34N8O5S/c1-31(2)10-11-32(3)20-13-21(37-4)19(12-16(20)6-7-22(26)34)28-25-29-23-18(8-9-27-23)24(30-25)38-17-14-33(15-17)39(5,35)36/h6-9,12-13,17H,10-11,14-15H2,1-5H3,(H2,26,34)(H2,27,28,29,30). The molecule has 3 aromatic rings. The van der Waals surface area contributed by atoms with Gasteiger partial charge >= 0.3 is 0 Å². The molecule has 14 heteroatoms. The number of likely N-dealkylation sites (N-methyl/N-ethyl adjacent to an activating group) is 2. The molecule has 3 heterocycles. The lowest BCUT2D eigenvalue weighted by molar-refractivity contribution is -0.113. The summed E-state index contributed by atoms with van der Waals surface area (Å²) in [7, 11) is 4.27. The number of benzene rings is 1. The first-order valence-corrected chi connectivity index (χ1v) is 14.1. The van der Waals surface area contributed by atoms with Gasteiger partial charge in [0.05, 0.1) is 37.5 Å². The van der Waals surface area contributed by atoms with E-state index in [2.05, 4.69) is 30.1 Å². The number of methoxy groups -OCH3 is 1. The number of anilines is 3. The van der Waals surface area contributed by atoms with Crippen molar-refractivity contribution in [1.29, 1.82) is 0 Å². The molecule has 0 atom stereocenters. The minimum Gasteiger partial charge on any atom is -0.494 e. The van der Waals surface area contributed by atoms with Crippen LogP contribution in [-0.2, 0) is 14.8 Å². The molecular weight excluding hydrogens is 524 g/mol. The summed E-state index contributed by atoms with van der Waals surface area (Å²) in [6.07, 6.45) is 5.54. The molecule has 13 nitrogen and oxygen atoms in total. The number of H-pyrrole nitrogens is 1. The molecular formula is C25H34N8O5S. The lowest BCUT2D eigenvalue weighted by atomic mass is 10.1. The summed E-state index contributed by atoms with van der Waals surface area (Å²) in [4.78, 5) is 27.8. The smallest absolute Gasteiger partial charge is 0.241 e. The number of carbonyl (C=O) groups excluding carboxylic acids is 1. The first kappa shape index (κ1) is 28.1. The predicted octanol–water partition coefficient (Wildman–Crippen LogP) is 1.23. The molecule has 1 aliphatic rings. The number of amides is 1. The highest BCUT2D eigenvalue weighted by Crippen LogP contribution is 2.36. The predicted molar refractivity (Wildman–Crippen MR) is 151 cm³/mol. The van der Waals surface area contributed by atoms with E-state index in [1.165, 1.54) is 16.6 Å². The zero-order valence-corrected chi connectivity index (χ0v) is 23.4. The Morgan fingerprint density at radius 2 is 2.00 bits per heavy atom. The summed E-state index contributed by atoms with van der Waals surface area (Å²) in [6.45, 7) is 2.08. The average molecular weight is 559 g/mol. The van der Waals surface area contributed by atoms with Gasteiger partial charge in [0.25, 0.3) is 0 Å². The van der Waals surface area contributed by atoms with E-state index in [0.717, 1.165) is 24.3 Å². The van der Waals surface area contributed by atoms with E-state index in [-0.39, 0.29) is 25.1 Å². The van der Waals surface area contributed by atoms with Gasteiger partial charge in [-0.05, 0) is 32.3 Å². The topological polar surface area (TPSA) is 159 Å². The van der Waals surface area contributed by atoms with Crippen molar-refractivity contribution in [2.45, 2.75) is 6.10 Å². The van der Waals surface area contributed by atoms with Crippen LogP contribution in [0.5, 0.6) is 11.6 Å². The number of aromatic nitrogens is 3. The van der Waals surface area contributed by atoms with Crippen LogP contribution >= 0.6 is 0 Å². The third-order valence-electron chi connectivity index (χ3n) is 6.26. The highest BCUT2D eigenvalue weighted by molar-refractivity contribution is 7.88. The molecule has 210 valence electrons. The fraction of sp³-hybridized carbons (Fsp3) is 0.400. The maximum Gasteiger partial charge on any atom is 0.241 e. The van der Waals surface area contributed by atoms with Crippen LogP contribution in [0.1, 0.15) is 5.56 Å². The number of nitrogens with zero attached hydrogens (tertiary/aromatic N) is 5. The van der Waals surface area contributed by atoms with E-state index < -0.39 is 15.9 Å². The Morgan fingerprint density at radius 1 is 1.26 bits per heavy atom. The normalized spacial score (nSPS) is 14.6. The largest absolute Gasteiger partial charge is 0.494 e. The second-order valence-corrected chi connectivity index (χ2v) is 11.6. The van der Waals surface area contributed by atoms with Crippen molar-refractivity contribution in [3.05, 3.63) is 36.0 Å². The molecule has 1 aliphatic heterocycles. The van der Waals surface area contributed by atoms with Gasteiger partial charge in [-0.3, -0.25) is 4.79 Å². The van der Waals surface area contributed by atoms with Crippen LogP contribution in [0.15, 0.2) is 30.5 Å². The van der Waals surface area contributed by atoms with Crippen LogP contribution in [0.3, 0.4) is 0 Å². The third-order valence-corrected chi connectivity index (χ3v) is 7.50. The van der Waals surface area contributed by atoms with Gasteiger partial charge in [0.1, 0.15) is 17.5 Å². The molecule has 0 radical (unpaired) electrons. The molecule has 4 N–H and O–H groups in total. The van der Waals surface area contributed by atoms with Crippen molar-refractivity contribution in [3.8, 4) is 11.6 Å². The Morgan fingerprint density at radius 3 is 2.64 bits per heavy atom. The maximum atomic E-state index is 11.7. The highest BCUT2D eigenvalue weighted by Gasteiger charge is 2.35. The fourth-order valence-corrected chi connectivity index (χ4v) is 4.92. The Kier molecular flexibility index (Phi) is 8.28. The minimum atomic E-state index is -3.26. The summed E-state index contributed by atoms with van der Waals surface area (Å²) >= 11 is 0. The number of fused-ring (bicyclic) bond motifs is 1. The Bertz CT molecular complexity index is 1480. The van der Waals surface area contributed by atoms with Crippen LogP contribution in [0.4, 0.5) is 17.3 Å². The molecule has 1 saturated heterocycles. The van der Waals surface area contributed by atoms with Crippen LogP contribution in [0, 0.1) is 0 Å². The zero-order chi connectivity index (χ0) is 28.3. The number of primary amides is 1. The first-order chi connectivity index (χ1) is 18.4. The number of ether oxygens (including phenoxy) is 2. The van der Waals surface area contributed by atoms with Crippen molar-refractivity contribution in [1.82, 2.24) is 24.2 Å². The van der Waals surface area contributed by atoms with Gasteiger partial charge in [0.15, 0.2) is 0 Å². The summed E-state index contributed by atoms with van der Waals surface area (Å²) in [5.41, 5.74) is 8.08. The quantitative estimate of drug-likeness (QED) is 0.276. The highest BCUT2D eigenvalue weighted by atomic mass is 32.2. The van der Waals surface area contributed by atoms with Crippen LogP contribution in [0.25, 0.3) is 17.1 Å². The number of nitrogens with two attached hydrogens (primary N) is 1. The average Bonchev–Trinajstić information content (AvgIpc) is 3.31. The van der Waals surface area contributed by atoms with Crippen LogP contribution in [0.2, 0.25) is 0 Å². The molecule has 39 heavy (non-hydrogen) atoms. The summed E-state index contributed by atoms with van der Waals surface area (Å²) in [5, 5.41) is 3.88. The molecule has 0 aliphatic carbocycles. The van der Waals surface area contributed by atoms with Gasteiger partial charge in [0, 0.05) is 49.7 Å². The number of rotatable bonds is 12. The van der Waals surface area contributed by atoms with Crippen LogP contribution < -0.4 is 25.4 Å². The van der Waals surface area contributed by atoms with Gasteiger partial charge in [-0.1, -0.05) is 0 Å². The van der Waals surface area contributed by atoms with Gasteiger partial charge in [-0.15, -0.1) is 0 Å². The van der Waals surface area contributed by atoms with Crippen molar-refractivity contribution >= 4 is 50.4 Å². The molecule has 0 unspecified atom stereocenters. The monoisotopic (exact) mass is 558 g/mol. The Hall–Kier alpha value is -3.88. The van der Waals surface area contributed by atoms with Gasteiger partial charge in [-0.2, -0.15) is 14.3 Å². The first-order valence-electron chi connectivity index (χ1n) is 12.2. The second kappa shape index (κ2) is 11.5. The van der Waals surface area contributed by atoms with E-state index in [0.29, 0.717) is 28.4 Å². The second-order valence-electron chi connectivity index (χ2n) is 9.61. The fourth-order valence-electron chi connectivity index (χ4n) is 4.04. The lowest BCUT2D eigenvalue weighted by Gasteiger charge is -2.36. The molecule has 1 amide bonds. The number of sulfonamides is 1. The Balaban J connectivity index is 1.65. The van der Waals surface area contributed by atoms with Crippen LogP contribution in [-0.4, -0.2) is 105 Å². The molecule has 2 aromatic heterocycles. The molecule has 1 aromatic carbocycles. The van der Waals surface area contributed by atoms with Crippen molar-refractivity contribution < 1.29 is 22.7 Å². The van der Waals surface area contributed by atoms with Gasteiger partial charge < -0.3 is 35.3 Å². The van der Waals surface area contributed by atoms with E-state index >= 15 is 0 Å². The zero-order valence-electron chi connectivity index (χ0n) is 22.6. The van der Waals surface area contributed by atoms with E-state index in [1.54, 1.807) is 25.4 Å². The van der Waals surface area contributed by atoms with Crippen molar-refractivity contribution in [2.75, 3.05) is 70.9 Å². The number of hydrogen-bond acceptors (Lipinski definition) is 10. The number of hydrogen-bond donors (Lipinski definition) is 3. The molecule has 0 spiro atoms.